The van der Waals surface area contributed by atoms with Crippen LogP contribution in [-0.4, -0.2) is 12.2 Å². The van der Waals surface area contributed by atoms with Crippen LogP contribution >= 0.6 is 15.9 Å². The molecule has 0 aliphatic carbocycles. The lowest BCUT2D eigenvalue weighted by molar-refractivity contribution is 0.169. The Hall–Kier alpha value is -0.610. The first-order valence-corrected chi connectivity index (χ1v) is 5.10. The van der Waals surface area contributed by atoms with Crippen LogP contribution in [-0.2, 0) is 0 Å². The molecule has 1 aromatic carbocycles. The Kier molecular flexibility index (Phi) is 3.89. The van der Waals surface area contributed by atoms with Gasteiger partial charge < -0.3 is 9.84 Å². The molecule has 78 valence electrons. The van der Waals surface area contributed by atoms with Crippen molar-refractivity contribution >= 4 is 15.9 Å². The van der Waals surface area contributed by atoms with Gasteiger partial charge in [-0.1, -0.05) is 6.92 Å². The zero-order chi connectivity index (χ0) is 10.7. The molecule has 0 aliphatic rings. The Morgan fingerprint density at radius 3 is 2.71 bits per heavy atom. The molecule has 0 saturated heterocycles. The number of hydrogen-bond donors (Lipinski definition) is 1. The van der Waals surface area contributed by atoms with Crippen molar-refractivity contribution in [1.82, 2.24) is 0 Å². The monoisotopic (exact) mass is 262 g/mol. The van der Waals surface area contributed by atoms with E-state index in [0.717, 1.165) is 0 Å². The van der Waals surface area contributed by atoms with Crippen LogP contribution in [0, 0.1) is 5.82 Å². The van der Waals surface area contributed by atoms with Gasteiger partial charge in [0.25, 0.3) is 0 Å². The standard InChI is InChI=1S/C10H12BrFO2/c1-3-9(13)6-4-7(11)8(12)5-10(6)14-2/h4-5,9,13H,3H2,1-2H3/t9-/m1/s1. The molecule has 1 rings (SSSR count). The highest BCUT2D eigenvalue weighted by Crippen LogP contribution is 2.31. The molecule has 0 saturated carbocycles. The Morgan fingerprint density at radius 1 is 1.57 bits per heavy atom. The summed E-state index contributed by atoms with van der Waals surface area (Å²) in [6.07, 6.45) is -0.0594. The topological polar surface area (TPSA) is 29.5 Å². The second kappa shape index (κ2) is 4.75. The highest BCUT2D eigenvalue weighted by atomic mass is 79.9. The van der Waals surface area contributed by atoms with Crippen molar-refractivity contribution in [1.29, 1.82) is 0 Å². The Balaban J connectivity index is 3.19. The quantitative estimate of drug-likeness (QED) is 0.908. The van der Waals surface area contributed by atoms with Crippen molar-refractivity contribution in [3.05, 3.63) is 28.0 Å². The lowest BCUT2D eigenvalue weighted by atomic mass is 10.1. The fraction of sp³-hybridized carbons (Fsp3) is 0.400. The molecule has 0 spiro atoms. The third-order valence-electron chi connectivity index (χ3n) is 2.02. The first-order valence-electron chi connectivity index (χ1n) is 4.31. The molecular formula is C10H12BrFO2. The van der Waals surface area contributed by atoms with Crippen molar-refractivity contribution in [2.24, 2.45) is 0 Å². The summed E-state index contributed by atoms with van der Waals surface area (Å²) in [5, 5.41) is 9.63. The minimum atomic E-state index is -0.623. The highest BCUT2D eigenvalue weighted by molar-refractivity contribution is 9.10. The van der Waals surface area contributed by atoms with Gasteiger partial charge in [-0.05, 0) is 28.4 Å². The Labute approximate surface area is 90.8 Å². The van der Waals surface area contributed by atoms with E-state index in [-0.39, 0.29) is 0 Å². The van der Waals surface area contributed by atoms with Gasteiger partial charge in [0.05, 0.1) is 17.7 Å². The summed E-state index contributed by atoms with van der Waals surface area (Å²) < 4.78 is 18.4. The summed E-state index contributed by atoms with van der Waals surface area (Å²) in [4.78, 5) is 0. The van der Waals surface area contributed by atoms with Crippen LogP contribution in [0.15, 0.2) is 16.6 Å². The number of methoxy groups -OCH3 is 1. The van der Waals surface area contributed by atoms with E-state index in [1.807, 2.05) is 6.92 Å². The molecule has 0 bridgehead atoms. The Morgan fingerprint density at radius 2 is 2.21 bits per heavy atom. The van der Waals surface area contributed by atoms with Crippen LogP contribution in [0.2, 0.25) is 0 Å². The highest BCUT2D eigenvalue weighted by Gasteiger charge is 2.14. The molecule has 0 fully saturated rings. The molecule has 14 heavy (non-hydrogen) atoms. The van der Waals surface area contributed by atoms with Crippen LogP contribution < -0.4 is 4.74 Å². The average molecular weight is 263 g/mol. The number of rotatable bonds is 3. The maximum Gasteiger partial charge on any atom is 0.141 e. The molecule has 1 atom stereocenters. The number of benzene rings is 1. The van der Waals surface area contributed by atoms with Gasteiger partial charge in [-0.15, -0.1) is 0 Å². The van der Waals surface area contributed by atoms with Gasteiger partial charge in [-0.25, -0.2) is 4.39 Å². The summed E-state index contributed by atoms with van der Waals surface area (Å²) in [6.45, 7) is 1.85. The van der Waals surface area contributed by atoms with E-state index in [1.54, 1.807) is 6.07 Å². The zero-order valence-electron chi connectivity index (χ0n) is 8.05. The minimum Gasteiger partial charge on any atom is -0.496 e. The third-order valence-corrected chi connectivity index (χ3v) is 2.63. The van der Waals surface area contributed by atoms with E-state index in [2.05, 4.69) is 15.9 Å². The van der Waals surface area contributed by atoms with E-state index < -0.39 is 11.9 Å². The molecule has 0 heterocycles. The van der Waals surface area contributed by atoms with Gasteiger partial charge in [0, 0.05) is 11.6 Å². The average Bonchev–Trinajstić information content (AvgIpc) is 2.20. The zero-order valence-corrected chi connectivity index (χ0v) is 9.64. The third kappa shape index (κ3) is 2.25. The molecular weight excluding hydrogens is 251 g/mol. The summed E-state index contributed by atoms with van der Waals surface area (Å²) in [5.41, 5.74) is 0.600. The van der Waals surface area contributed by atoms with Crippen LogP contribution in [0.4, 0.5) is 4.39 Å². The molecule has 2 nitrogen and oxygen atoms in total. The normalized spacial score (nSPS) is 12.6. The number of ether oxygens (including phenoxy) is 1. The lowest BCUT2D eigenvalue weighted by Gasteiger charge is -2.13. The first kappa shape index (κ1) is 11.5. The largest absolute Gasteiger partial charge is 0.496 e. The molecule has 0 radical (unpaired) electrons. The van der Waals surface area contributed by atoms with Gasteiger partial charge in [0.1, 0.15) is 11.6 Å². The van der Waals surface area contributed by atoms with Gasteiger partial charge >= 0.3 is 0 Å². The lowest BCUT2D eigenvalue weighted by Crippen LogP contribution is -2.00. The molecule has 1 N–H and O–H groups in total. The van der Waals surface area contributed by atoms with Crippen molar-refractivity contribution in [3.63, 3.8) is 0 Å². The SMILES string of the molecule is CC[C@@H](O)c1cc(Br)c(F)cc1OC. The van der Waals surface area contributed by atoms with Gasteiger partial charge in [0.2, 0.25) is 0 Å². The molecule has 0 amide bonds. The summed E-state index contributed by atoms with van der Waals surface area (Å²) >= 11 is 3.07. The van der Waals surface area contributed by atoms with Crippen molar-refractivity contribution < 1.29 is 14.2 Å². The predicted molar refractivity (Wildman–Crippen MR) is 55.9 cm³/mol. The molecule has 1 aromatic rings. The number of aliphatic hydroxyl groups excluding tert-OH is 1. The van der Waals surface area contributed by atoms with E-state index in [4.69, 9.17) is 4.74 Å². The van der Waals surface area contributed by atoms with Crippen molar-refractivity contribution in [2.45, 2.75) is 19.4 Å². The molecule has 0 unspecified atom stereocenters. The number of aliphatic hydroxyl groups is 1. The van der Waals surface area contributed by atoms with Crippen molar-refractivity contribution in [2.75, 3.05) is 7.11 Å². The second-order valence-corrected chi connectivity index (χ2v) is 3.79. The molecule has 0 aromatic heterocycles. The van der Waals surface area contributed by atoms with E-state index >= 15 is 0 Å². The second-order valence-electron chi connectivity index (χ2n) is 2.93. The van der Waals surface area contributed by atoms with E-state index in [1.165, 1.54) is 13.2 Å². The van der Waals surface area contributed by atoms with Crippen LogP contribution in [0.3, 0.4) is 0 Å². The number of hydrogen-bond acceptors (Lipinski definition) is 2. The number of halogens is 2. The maximum atomic E-state index is 13.1. The molecule has 0 aliphatic heterocycles. The summed E-state index contributed by atoms with van der Waals surface area (Å²) in [7, 11) is 1.45. The summed E-state index contributed by atoms with van der Waals surface area (Å²) in [6, 6.07) is 2.81. The fourth-order valence-corrected chi connectivity index (χ4v) is 1.56. The van der Waals surface area contributed by atoms with Gasteiger partial charge in [0.15, 0.2) is 0 Å². The maximum absolute atomic E-state index is 13.1. The smallest absolute Gasteiger partial charge is 0.141 e. The van der Waals surface area contributed by atoms with Crippen LogP contribution in [0.5, 0.6) is 5.75 Å². The first-order chi connectivity index (χ1) is 6.60. The Bertz CT molecular complexity index is 328. The van der Waals surface area contributed by atoms with Crippen molar-refractivity contribution in [3.8, 4) is 5.75 Å². The fourth-order valence-electron chi connectivity index (χ4n) is 1.20. The van der Waals surface area contributed by atoms with E-state index in [0.29, 0.717) is 22.2 Å². The summed E-state index contributed by atoms with van der Waals surface area (Å²) in [5.74, 6) is -0.0195. The van der Waals surface area contributed by atoms with Gasteiger partial charge in [-0.2, -0.15) is 0 Å². The van der Waals surface area contributed by atoms with Crippen LogP contribution in [0.25, 0.3) is 0 Å². The minimum absolute atomic E-state index is 0.334. The molecule has 4 heteroatoms. The predicted octanol–water partition coefficient (Wildman–Crippen LogP) is 3.04. The van der Waals surface area contributed by atoms with Crippen LogP contribution in [0.1, 0.15) is 25.0 Å². The van der Waals surface area contributed by atoms with E-state index in [9.17, 15) is 9.50 Å². The van der Waals surface area contributed by atoms with Gasteiger partial charge in [-0.3, -0.25) is 0 Å².